The van der Waals surface area contributed by atoms with Crippen molar-refractivity contribution in [2.45, 2.75) is 4.90 Å². The number of thioether (sulfide) groups is 1. The number of phenols is 1. The van der Waals surface area contributed by atoms with Crippen LogP contribution in [-0.2, 0) is 0 Å². The summed E-state index contributed by atoms with van der Waals surface area (Å²) in [6, 6.07) is 14.5. The van der Waals surface area contributed by atoms with E-state index in [4.69, 9.17) is 5.11 Å². The Morgan fingerprint density at radius 1 is 0.941 bits per heavy atom. The number of hydrogen-bond acceptors (Lipinski definition) is 4. The third-order valence-electron chi connectivity index (χ3n) is 2.21. The van der Waals surface area contributed by atoms with Crippen molar-refractivity contribution in [3.8, 4) is 5.75 Å². The average Bonchev–Trinajstić information content (AvgIpc) is 2.38. The maximum absolute atomic E-state index is 9.15. The zero-order chi connectivity index (χ0) is 12.1. The molecular weight excluding hydrogens is 232 g/mol. The van der Waals surface area contributed by atoms with E-state index in [1.54, 1.807) is 36.0 Å². The third-order valence-corrected chi connectivity index (χ3v) is 2.99. The molecule has 0 atom stereocenters. The van der Waals surface area contributed by atoms with Crippen LogP contribution in [0.15, 0.2) is 63.7 Å². The third kappa shape index (κ3) is 3.07. The van der Waals surface area contributed by atoms with Crippen molar-refractivity contribution in [3.63, 3.8) is 0 Å². The Bertz CT molecular complexity index is 523. The molecule has 0 fully saturated rings. The molecule has 0 aliphatic heterocycles. The number of nitrogens with zero attached hydrogens (tertiary/aromatic N) is 2. The second-order valence-electron chi connectivity index (χ2n) is 3.39. The zero-order valence-electron chi connectivity index (χ0n) is 9.37. The summed E-state index contributed by atoms with van der Waals surface area (Å²) < 4.78 is 0. The van der Waals surface area contributed by atoms with Crippen molar-refractivity contribution in [1.29, 1.82) is 0 Å². The van der Waals surface area contributed by atoms with Crippen LogP contribution < -0.4 is 0 Å². The Morgan fingerprint density at radius 2 is 1.65 bits per heavy atom. The van der Waals surface area contributed by atoms with Gasteiger partial charge in [0, 0.05) is 4.90 Å². The molecule has 0 unspecified atom stereocenters. The molecule has 0 spiro atoms. The number of azo groups is 1. The molecule has 86 valence electrons. The minimum absolute atomic E-state index is 0.230. The van der Waals surface area contributed by atoms with Crippen LogP contribution in [0.5, 0.6) is 5.75 Å². The molecular formula is C13H12N2OS. The van der Waals surface area contributed by atoms with Gasteiger partial charge in [-0.2, -0.15) is 5.11 Å². The first-order valence-electron chi connectivity index (χ1n) is 5.13. The highest BCUT2D eigenvalue weighted by molar-refractivity contribution is 7.98. The van der Waals surface area contributed by atoms with Gasteiger partial charge in [0.15, 0.2) is 0 Å². The van der Waals surface area contributed by atoms with Crippen LogP contribution in [0.2, 0.25) is 0 Å². The van der Waals surface area contributed by atoms with E-state index in [1.165, 1.54) is 0 Å². The van der Waals surface area contributed by atoms with E-state index in [-0.39, 0.29) is 5.75 Å². The summed E-state index contributed by atoms with van der Waals surface area (Å²) in [7, 11) is 0. The molecule has 0 saturated heterocycles. The summed E-state index contributed by atoms with van der Waals surface area (Å²) in [5.41, 5.74) is 1.58. The second kappa shape index (κ2) is 5.50. The molecule has 17 heavy (non-hydrogen) atoms. The molecule has 0 aliphatic rings. The van der Waals surface area contributed by atoms with Gasteiger partial charge >= 0.3 is 0 Å². The predicted molar refractivity (Wildman–Crippen MR) is 70.5 cm³/mol. The lowest BCUT2D eigenvalue weighted by atomic mass is 10.3. The van der Waals surface area contributed by atoms with Gasteiger partial charge in [0.2, 0.25) is 0 Å². The van der Waals surface area contributed by atoms with Gasteiger partial charge in [-0.25, -0.2) is 0 Å². The lowest BCUT2D eigenvalue weighted by molar-refractivity contribution is 0.475. The fraction of sp³-hybridized carbons (Fsp3) is 0.0769. The molecule has 0 radical (unpaired) electrons. The van der Waals surface area contributed by atoms with Crippen molar-refractivity contribution < 1.29 is 5.11 Å². The maximum Gasteiger partial charge on any atom is 0.115 e. The van der Waals surface area contributed by atoms with Gasteiger partial charge in [0.1, 0.15) is 5.75 Å². The summed E-state index contributed by atoms with van der Waals surface area (Å²) in [5, 5.41) is 17.5. The van der Waals surface area contributed by atoms with Crippen molar-refractivity contribution in [3.05, 3.63) is 48.5 Å². The number of phenolic OH excluding ortho intramolecular Hbond substituents is 1. The topological polar surface area (TPSA) is 45.0 Å². The molecule has 3 nitrogen and oxygen atoms in total. The first-order chi connectivity index (χ1) is 8.29. The van der Waals surface area contributed by atoms with Crippen LogP contribution in [0, 0.1) is 0 Å². The number of aromatic hydroxyl groups is 1. The van der Waals surface area contributed by atoms with E-state index in [0.717, 1.165) is 16.3 Å². The van der Waals surface area contributed by atoms with Gasteiger partial charge in [-0.15, -0.1) is 16.9 Å². The van der Waals surface area contributed by atoms with E-state index >= 15 is 0 Å². The average molecular weight is 244 g/mol. The minimum atomic E-state index is 0.230. The Labute approximate surface area is 104 Å². The van der Waals surface area contributed by atoms with Crippen LogP contribution in [0.25, 0.3) is 0 Å². The summed E-state index contributed by atoms with van der Waals surface area (Å²) in [6.07, 6.45) is 2.01. The highest BCUT2D eigenvalue weighted by Gasteiger charge is 1.98. The van der Waals surface area contributed by atoms with Gasteiger partial charge in [-0.1, -0.05) is 12.1 Å². The second-order valence-corrected chi connectivity index (χ2v) is 4.24. The molecule has 0 saturated carbocycles. The molecule has 1 N–H and O–H groups in total. The number of hydrogen-bond donors (Lipinski definition) is 1. The predicted octanol–water partition coefficient (Wildman–Crippen LogP) is 4.53. The van der Waals surface area contributed by atoms with Gasteiger partial charge in [-0.3, -0.25) is 0 Å². The summed E-state index contributed by atoms with van der Waals surface area (Å²) in [6.45, 7) is 0. The molecule has 2 rings (SSSR count). The van der Waals surface area contributed by atoms with Crippen molar-refractivity contribution in [2.24, 2.45) is 10.2 Å². The lowest BCUT2D eigenvalue weighted by Crippen LogP contribution is -1.70. The highest BCUT2D eigenvalue weighted by atomic mass is 32.2. The molecule has 2 aromatic carbocycles. The standard InChI is InChI=1S/C13H12N2OS/c1-17-13-5-3-2-4-12(13)15-14-10-6-8-11(16)9-7-10/h2-9,16H,1H3. The zero-order valence-corrected chi connectivity index (χ0v) is 10.2. The van der Waals surface area contributed by atoms with Gasteiger partial charge in [0.05, 0.1) is 11.4 Å². The minimum Gasteiger partial charge on any atom is -0.508 e. The Kier molecular flexibility index (Phi) is 3.77. The molecule has 0 heterocycles. The Morgan fingerprint density at radius 3 is 2.35 bits per heavy atom. The van der Waals surface area contributed by atoms with Crippen molar-refractivity contribution in [1.82, 2.24) is 0 Å². The van der Waals surface area contributed by atoms with Crippen molar-refractivity contribution >= 4 is 23.1 Å². The Balaban J connectivity index is 2.22. The summed E-state index contributed by atoms with van der Waals surface area (Å²) in [5.74, 6) is 0.230. The molecule has 0 amide bonds. The molecule has 0 aliphatic carbocycles. The fourth-order valence-corrected chi connectivity index (χ4v) is 1.88. The van der Waals surface area contributed by atoms with Crippen LogP contribution in [0.1, 0.15) is 0 Å². The lowest BCUT2D eigenvalue weighted by Gasteiger charge is -1.99. The van der Waals surface area contributed by atoms with Gasteiger partial charge in [-0.05, 0) is 42.7 Å². The van der Waals surface area contributed by atoms with E-state index in [0.29, 0.717) is 0 Å². The SMILES string of the molecule is CSc1ccccc1N=Nc1ccc(O)cc1. The molecule has 2 aromatic rings. The normalized spacial score (nSPS) is 10.9. The molecule has 0 aromatic heterocycles. The monoisotopic (exact) mass is 244 g/mol. The highest BCUT2D eigenvalue weighted by Crippen LogP contribution is 2.29. The number of benzene rings is 2. The largest absolute Gasteiger partial charge is 0.508 e. The summed E-state index contributed by atoms with van der Waals surface area (Å²) in [4.78, 5) is 1.09. The number of rotatable bonds is 3. The maximum atomic E-state index is 9.15. The molecule has 4 heteroatoms. The summed E-state index contributed by atoms with van der Waals surface area (Å²) >= 11 is 1.64. The first kappa shape index (κ1) is 11.7. The quantitative estimate of drug-likeness (QED) is 0.636. The van der Waals surface area contributed by atoms with Gasteiger partial charge in [0.25, 0.3) is 0 Å². The molecule has 0 bridgehead atoms. The smallest absolute Gasteiger partial charge is 0.115 e. The van der Waals surface area contributed by atoms with Crippen LogP contribution in [0.3, 0.4) is 0 Å². The first-order valence-corrected chi connectivity index (χ1v) is 6.36. The van der Waals surface area contributed by atoms with Crippen LogP contribution in [-0.4, -0.2) is 11.4 Å². The van der Waals surface area contributed by atoms with E-state index in [1.807, 2.05) is 30.5 Å². The van der Waals surface area contributed by atoms with E-state index < -0.39 is 0 Å². The van der Waals surface area contributed by atoms with Crippen LogP contribution >= 0.6 is 11.8 Å². The van der Waals surface area contributed by atoms with E-state index in [2.05, 4.69) is 10.2 Å². The van der Waals surface area contributed by atoms with Crippen LogP contribution in [0.4, 0.5) is 11.4 Å². The van der Waals surface area contributed by atoms with Crippen molar-refractivity contribution in [2.75, 3.05) is 6.26 Å². The van der Waals surface area contributed by atoms with Gasteiger partial charge < -0.3 is 5.11 Å². The van der Waals surface area contributed by atoms with E-state index in [9.17, 15) is 0 Å². The Hall–Kier alpha value is -1.81. The fourth-order valence-electron chi connectivity index (χ4n) is 1.34.